The minimum atomic E-state index is -0.220. The number of benzene rings is 2. The van der Waals surface area contributed by atoms with Crippen LogP contribution in [0.15, 0.2) is 42.5 Å². The summed E-state index contributed by atoms with van der Waals surface area (Å²) in [4.78, 5) is 10.9. The van der Waals surface area contributed by atoms with Crippen LogP contribution in [0.5, 0.6) is 0 Å². The Morgan fingerprint density at radius 3 is 2.73 bits per heavy atom. The van der Waals surface area contributed by atoms with Gasteiger partial charge in [-0.1, -0.05) is 42.5 Å². The predicted octanol–water partition coefficient (Wildman–Crippen LogP) is 4.16. The average molecular weight is 299 g/mol. The third-order valence-corrected chi connectivity index (χ3v) is 4.50. The predicted molar refractivity (Wildman–Crippen MR) is 86.7 cm³/mol. The molecule has 0 N–H and O–H groups in total. The van der Waals surface area contributed by atoms with E-state index in [9.17, 15) is 10.1 Å². The summed E-state index contributed by atoms with van der Waals surface area (Å²) in [5.74, 6) is -0.178. The summed E-state index contributed by atoms with van der Waals surface area (Å²) in [5, 5.41) is 13.4. The van der Waals surface area contributed by atoms with E-state index in [1.54, 1.807) is 0 Å². The van der Waals surface area contributed by atoms with E-state index in [1.807, 2.05) is 30.3 Å². The number of hydrogen-bond acceptors (Lipinski definition) is 3. The van der Waals surface area contributed by atoms with Crippen molar-refractivity contribution in [3.63, 3.8) is 0 Å². The Labute approximate surface area is 130 Å². The molecule has 22 heavy (non-hydrogen) atoms. The summed E-state index contributed by atoms with van der Waals surface area (Å²) in [6.07, 6.45) is 3.15. The Morgan fingerprint density at radius 2 is 2.00 bits per heavy atom. The van der Waals surface area contributed by atoms with Crippen LogP contribution in [0.25, 0.3) is 10.8 Å². The number of rotatable bonds is 4. The first-order chi connectivity index (χ1) is 10.6. The first kappa shape index (κ1) is 15.0. The van der Waals surface area contributed by atoms with E-state index in [1.165, 1.54) is 0 Å². The van der Waals surface area contributed by atoms with Gasteiger partial charge in [-0.3, -0.25) is 10.1 Å². The van der Waals surface area contributed by atoms with E-state index in [2.05, 4.69) is 19.1 Å². The molecule has 1 heterocycles. The largest absolute Gasteiger partial charge is 0.374 e. The molecule has 4 heteroatoms. The normalized spacial score (nSPS) is 23.3. The summed E-state index contributed by atoms with van der Waals surface area (Å²) >= 11 is 0. The molecule has 3 rings (SSSR count). The van der Waals surface area contributed by atoms with Gasteiger partial charge in [-0.25, -0.2) is 0 Å². The van der Waals surface area contributed by atoms with Crippen molar-refractivity contribution >= 4 is 10.8 Å². The zero-order valence-corrected chi connectivity index (χ0v) is 12.8. The molecule has 2 aromatic rings. The minimum absolute atomic E-state index is 0.0599. The van der Waals surface area contributed by atoms with Gasteiger partial charge in [0.25, 0.3) is 0 Å². The first-order valence-corrected chi connectivity index (χ1v) is 7.89. The fourth-order valence-corrected chi connectivity index (χ4v) is 3.37. The van der Waals surface area contributed by atoms with Crippen molar-refractivity contribution in [1.82, 2.24) is 0 Å². The highest BCUT2D eigenvalue weighted by atomic mass is 16.6. The molecule has 0 aromatic heterocycles. The second kappa shape index (κ2) is 6.44. The Hall–Kier alpha value is -1.94. The zero-order valence-electron chi connectivity index (χ0n) is 12.8. The molecule has 0 spiro atoms. The third-order valence-electron chi connectivity index (χ3n) is 4.50. The smallest absolute Gasteiger partial charge is 0.213 e. The fraction of sp³-hybridized carbons (Fsp3) is 0.444. The second-order valence-electron chi connectivity index (χ2n) is 6.14. The number of nitrogens with zero attached hydrogens (tertiary/aromatic N) is 1. The maximum atomic E-state index is 11.1. The van der Waals surface area contributed by atoms with Crippen LogP contribution >= 0.6 is 0 Å². The van der Waals surface area contributed by atoms with Gasteiger partial charge in [0, 0.05) is 4.92 Å². The van der Waals surface area contributed by atoms with Crippen molar-refractivity contribution < 1.29 is 9.66 Å². The lowest BCUT2D eigenvalue weighted by Gasteiger charge is -2.32. The lowest BCUT2D eigenvalue weighted by Crippen LogP contribution is -2.34. The van der Waals surface area contributed by atoms with Crippen molar-refractivity contribution in [2.45, 2.75) is 44.3 Å². The van der Waals surface area contributed by atoms with Gasteiger partial charge >= 0.3 is 0 Å². The SMILES string of the molecule is C[C@H]1CCC[C@@H]([C@H](C[N+](=O)[O-])c2ccc3ccccc3c2)O1. The molecular formula is C18H21NO3. The van der Waals surface area contributed by atoms with Crippen LogP contribution in [0, 0.1) is 10.1 Å². The molecule has 4 nitrogen and oxygen atoms in total. The Kier molecular flexibility index (Phi) is 4.39. The van der Waals surface area contributed by atoms with E-state index in [4.69, 9.17) is 4.74 Å². The fourth-order valence-electron chi connectivity index (χ4n) is 3.37. The molecule has 1 aliphatic heterocycles. The van der Waals surface area contributed by atoms with Gasteiger partial charge in [-0.05, 0) is 42.5 Å². The standard InChI is InChI=1S/C18H21NO3/c1-13-5-4-8-18(22-13)17(12-19(20)21)16-10-9-14-6-2-3-7-15(14)11-16/h2-3,6-7,9-11,13,17-18H,4-5,8,12H2,1H3/t13-,17+,18-/m0/s1. The van der Waals surface area contributed by atoms with E-state index < -0.39 is 0 Å². The quantitative estimate of drug-likeness (QED) is 0.629. The molecule has 0 radical (unpaired) electrons. The van der Waals surface area contributed by atoms with Crippen LogP contribution in [-0.2, 0) is 4.74 Å². The number of nitro groups is 1. The summed E-state index contributed by atoms with van der Waals surface area (Å²) < 4.78 is 6.01. The van der Waals surface area contributed by atoms with Crippen LogP contribution < -0.4 is 0 Å². The number of ether oxygens (including phenoxy) is 1. The van der Waals surface area contributed by atoms with Gasteiger partial charge < -0.3 is 4.74 Å². The molecule has 0 saturated carbocycles. The zero-order chi connectivity index (χ0) is 15.5. The van der Waals surface area contributed by atoms with Crippen LogP contribution in [0.3, 0.4) is 0 Å². The molecule has 0 aliphatic carbocycles. The molecule has 1 fully saturated rings. The van der Waals surface area contributed by atoms with E-state index in [0.717, 1.165) is 35.6 Å². The lowest BCUT2D eigenvalue weighted by atomic mass is 9.87. The van der Waals surface area contributed by atoms with Crippen molar-refractivity contribution in [3.8, 4) is 0 Å². The number of fused-ring (bicyclic) bond motifs is 1. The van der Waals surface area contributed by atoms with Crippen LogP contribution in [-0.4, -0.2) is 23.7 Å². The highest BCUT2D eigenvalue weighted by Crippen LogP contribution is 2.32. The Balaban J connectivity index is 1.94. The Morgan fingerprint density at radius 1 is 1.23 bits per heavy atom. The molecule has 3 atom stereocenters. The van der Waals surface area contributed by atoms with Crippen molar-refractivity contribution in [2.75, 3.05) is 6.54 Å². The molecule has 0 unspecified atom stereocenters. The summed E-state index contributed by atoms with van der Waals surface area (Å²) in [7, 11) is 0. The average Bonchev–Trinajstić information content (AvgIpc) is 2.52. The van der Waals surface area contributed by atoms with E-state index in [0.29, 0.717) is 0 Å². The topological polar surface area (TPSA) is 52.4 Å². The van der Waals surface area contributed by atoms with Crippen molar-refractivity contribution in [1.29, 1.82) is 0 Å². The highest BCUT2D eigenvalue weighted by Gasteiger charge is 2.32. The van der Waals surface area contributed by atoms with Gasteiger partial charge in [0.1, 0.15) is 0 Å². The maximum Gasteiger partial charge on any atom is 0.213 e. The molecule has 1 saturated heterocycles. The van der Waals surface area contributed by atoms with Gasteiger partial charge in [0.2, 0.25) is 6.54 Å². The Bertz CT molecular complexity index is 670. The van der Waals surface area contributed by atoms with Crippen LogP contribution in [0.4, 0.5) is 0 Å². The molecule has 0 bridgehead atoms. The summed E-state index contributed by atoms with van der Waals surface area (Å²) in [5.41, 5.74) is 1.01. The van der Waals surface area contributed by atoms with E-state index in [-0.39, 0.29) is 29.6 Å². The van der Waals surface area contributed by atoms with Crippen LogP contribution in [0.1, 0.15) is 37.7 Å². The second-order valence-corrected chi connectivity index (χ2v) is 6.14. The molecule has 0 amide bonds. The monoisotopic (exact) mass is 299 g/mol. The first-order valence-electron chi connectivity index (χ1n) is 7.89. The van der Waals surface area contributed by atoms with Gasteiger partial charge in [-0.2, -0.15) is 0 Å². The highest BCUT2D eigenvalue weighted by molar-refractivity contribution is 5.83. The number of hydrogen-bond donors (Lipinski definition) is 0. The summed E-state index contributed by atoms with van der Waals surface area (Å²) in [6, 6.07) is 14.2. The van der Waals surface area contributed by atoms with E-state index >= 15 is 0 Å². The maximum absolute atomic E-state index is 11.1. The third kappa shape index (κ3) is 3.28. The summed E-state index contributed by atoms with van der Waals surface area (Å²) in [6.45, 7) is 1.98. The van der Waals surface area contributed by atoms with Crippen molar-refractivity contribution in [2.24, 2.45) is 0 Å². The van der Waals surface area contributed by atoms with Crippen molar-refractivity contribution in [3.05, 3.63) is 58.1 Å². The van der Waals surface area contributed by atoms with Gasteiger partial charge in [0.05, 0.1) is 18.1 Å². The van der Waals surface area contributed by atoms with Gasteiger partial charge in [0.15, 0.2) is 0 Å². The van der Waals surface area contributed by atoms with Gasteiger partial charge in [-0.15, -0.1) is 0 Å². The molecule has 1 aliphatic rings. The lowest BCUT2D eigenvalue weighted by molar-refractivity contribution is -0.486. The minimum Gasteiger partial charge on any atom is -0.374 e. The van der Waals surface area contributed by atoms with Crippen LogP contribution in [0.2, 0.25) is 0 Å². The molecular weight excluding hydrogens is 278 g/mol. The molecule has 116 valence electrons. The molecule has 2 aromatic carbocycles.